The maximum absolute atomic E-state index is 12.0. The minimum Gasteiger partial charge on any atom is -0.354 e. The lowest BCUT2D eigenvalue weighted by Crippen LogP contribution is -2.46. The van der Waals surface area contributed by atoms with E-state index in [1.807, 2.05) is 6.92 Å². The molecule has 3 N–H and O–H groups in total. The van der Waals surface area contributed by atoms with Crippen molar-refractivity contribution in [3.63, 3.8) is 0 Å². The van der Waals surface area contributed by atoms with Crippen LogP contribution in [0, 0.1) is 11.8 Å². The maximum Gasteiger partial charge on any atom is 0.237 e. The van der Waals surface area contributed by atoms with Crippen LogP contribution in [0.5, 0.6) is 0 Å². The van der Waals surface area contributed by atoms with Crippen LogP contribution in [0.2, 0.25) is 0 Å². The van der Waals surface area contributed by atoms with E-state index in [4.69, 9.17) is 5.73 Å². The predicted molar refractivity (Wildman–Crippen MR) is 95.1 cm³/mol. The number of nitrogens with two attached hydrogens (primary N) is 1. The molecular weight excluding hydrogens is 286 g/mol. The van der Waals surface area contributed by atoms with Crippen molar-refractivity contribution in [1.82, 2.24) is 10.2 Å². The van der Waals surface area contributed by atoms with E-state index in [1.54, 1.807) is 0 Å². The summed E-state index contributed by atoms with van der Waals surface area (Å²) in [5.74, 6) is 0.793. The number of hydrogen-bond donors (Lipinski definition) is 2. The Bertz CT molecular complexity index is 477. The van der Waals surface area contributed by atoms with Gasteiger partial charge in [-0.25, -0.2) is 0 Å². The van der Waals surface area contributed by atoms with Crippen molar-refractivity contribution in [2.45, 2.75) is 39.2 Å². The number of hydrogen-bond acceptors (Lipinski definition) is 3. The molecule has 2 rings (SSSR count). The van der Waals surface area contributed by atoms with E-state index in [0.29, 0.717) is 5.92 Å². The van der Waals surface area contributed by atoms with Crippen LogP contribution in [-0.4, -0.2) is 43.0 Å². The van der Waals surface area contributed by atoms with Crippen molar-refractivity contribution in [3.8, 4) is 0 Å². The van der Waals surface area contributed by atoms with Crippen LogP contribution in [0.3, 0.4) is 0 Å². The summed E-state index contributed by atoms with van der Waals surface area (Å²) in [6.45, 7) is 8.16. The molecule has 3 atom stereocenters. The van der Waals surface area contributed by atoms with E-state index >= 15 is 0 Å². The number of benzene rings is 1. The Morgan fingerprint density at radius 3 is 2.83 bits per heavy atom. The van der Waals surface area contributed by atoms with Crippen LogP contribution in [-0.2, 0) is 11.2 Å². The molecule has 0 saturated carbocycles. The highest BCUT2D eigenvalue weighted by Gasteiger charge is 2.24. The van der Waals surface area contributed by atoms with Crippen LogP contribution >= 0.6 is 0 Å². The van der Waals surface area contributed by atoms with E-state index in [2.05, 4.69) is 47.5 Å². The van der Waals surface area contributed by atoms with Gasteiger partial charge in [-0.1, -0.05) is 50.6 Å². The van der Waals surface area contributed by atoms with Crippen molar-refractivity contribution in [3.05, 3.63) is 35.9 Å². The van der Waals surface area contributed by atoms with Gasteiger partial charge < -0.3 is 16.0 Å². The molecule has 1 aliphatic heterocycles. The summed E-state index contributed by atoms with van der Waals surface area (Å²) >= 11 is 0. The largest absolute Gasteiger partial charge is 0.354 e. The van der Waals surface area contributed by atoms with E-state index in [-0.39, 0.29) is 17.9 Å². The third-order valence-electron chi connectivity index (χ3n) is 5.05. The molecule has 23 heavy (non-hydrogen) atoms. The first-order valence-electron chi connectivity index (χ1n) is 8.89. The fourth-order valence-corrected chi connectivity index (χ4v) is 3.09. The average molecular weight is 317 g/mol. The fourth-order valence-electron chi connectivity index (χ4n) is 3.09. The summed E-state index contributed by atoms with van der Waals surface area (Å²) in [6.07, 6.45) is 3.19. The third kappa shape index (κ3) is 5.63. The molecule has 0 bridgehead atoms. The highest BCUT2D eigenvalue weighted by molar-refractivity contribution is 5.81. The number of carbonyl (C=O) groups excluding carboxylic acids is 1. The van der Waals surface area contributed by atoms with Gasteiger partial charge in [0.25, 0.3) is 0 Å². The second-order valence-electron chi connectivity index (χ2n) is 6.85. The first-order valence-corrected chi connectivity index (χ1v) is 8.89. The Labute approximate surface area is 140 Å². The zero-order chi connectivity index (χ0) is 16.7. The van der Waals surface area contributed by atoms with E-state index < -0.39 is 0 Å². The normalized spacial score (nSPS) is 21.1. The third-order valence-corrected chi connectivity index (χ3v) is 5.05. The Morgan fingerprint density at radius 1 is 1.39 bits per heavy atom. The molecule has 4 heteroatoms. The van der Waals surface area contributed by atoms with Crippen molar-refractivity contribution in [2.24, 2.45) is 17.6 Å². The maximum atomic E-state index is 12.0. The molecule has 0 spiro atoms. The number of nitrogens with one attached hydrogen (secondary N) is 1. The average Bonchev–Trinajstić information content (AvgIpc) is 3.05. The molecule has 3 unspecified atom stereocenters. The molecule has 1 saturated heterocycles. The zero-order valence-corrected chi connectivity index (χ0v) is 14.5. The monoisotopic (exact) mass is 317 g/mol. The van der Waals surface area contributed by atoms with E-state index in [9.17, 15) is 4.79 Å². The minimum atomic E-state index is -0.379. The molecule has 128 valence electrons. The SMILES string of the molecule is CCC(C)C(N)C(=O)NCC1CCN(CCc2ccccc2)C1. The second-order valence-corrected chi connectivity index (χ2v) is 6.85. The Hall–Kier alpha value is -1.39. The molecule has 4 nitrogen and oxygen atoms in total. The first kappa shape index (κ1) is 18.0. The van der Waals surface area contributed by atoms with Gasteiger partial charge in [-0.05, 0) is 36.8 Å². The predicted octanol–water partition coefficient (Wildman–Crippen LogP) is 2.04. The van der Waals surface area contributed by atoms with Crippen molar-refractivity contribution in [2.75, 3.05) is 26.2 Å². The molecule has 0 radical (unpaired) electrons. The molecule has 1 fully saturated rings. The molecule has 1 aliphatic rings. The molecule has 0 aromatic heterocycles. The Balaban J connectivity index is 1.66. The number of rotatable bonds is 8. The van der Waals surface area contributed by atoms with Gasteiger partial charge in [0.15, 0.2) is 0 Å². The molecule has 1 amide bonds. The Morgan fingerprint density at radius 2 is 2.13 bits per heavy atom. The van der Waals surface area contributed by atoms with Crippen molar-refractivity contribution < 1.29 is 4.79 Å². The fraction of sp³-hybridized carbons (Fsp3) is 0.632. The smallest absolute Gasteiger partial charge is 0.237 e. The summed E-state index contributed by atoms with van der Waals surface area (Å²) in [7, 11) is 0. The quantitative estimate of drug-likeness (QED) is 0.771. The van der Waals surface area contributed by atoms with Crippen LogP contribution < -0.4 is 11.1 Å². The van der Waals surface area contributed by atoms with Gasteiger partial charge in [-0.15, -0.1) is 0 Å². The van der Waals surface area contributed by atoms with Gasteiger partial charge in [-0.3, -0.25) is 4.79 Å². The summed E-state index contributed by atoms with van der Waals surface area (Å²) in [6, 6.07) is 10.2. The lowest BCUT2D eigenvalue weighted by molar-refractivity contribution is -0.123. The van der Waals surface area contributed by atoms with Gasteiger partial charge in [0.2, 0.25) is 5.91 Å². The van der Waals surface area contributed by atoms with Gasteiger partial charge in [0.05, 0.1) is 6.04 Å². The summed E-state index contributed by atoms with van der Waals surface area (Å²) in [5.41, 5.74) is 7.37. The lowest BCUT2D eigenvalue weighted by Gasteiger charge is -2.20. The number of carbonyl (C=O) groups is 1. The molecule has 1 aromatic rings. The minimum absolute atomic E-state index is 0.00193. The van der Waals surface area contributed by atoms with Crippen LogP contribution in [0.1, 0.15) is 32.3 Å². The van der Waals surface area contributed by atoms with Gasteiger partial charge in [0.1, 0.15) is 0 Å². The number of nitrogens with zero attached hydrogens (tertiary/aromatic N) is 1. The standard InChI is InChI=1S/C19H31N3O/c1-3-15(2)18(20)19(23)21-13-17-10-12-22(14-17)11-9-16-7-5-4-6-8-16/h4-8,15,17-18H,3,9-14,20H2,1-2H3,(H,21,23). The highest BCUT2D eigenvalue weighted by atomic mass is 16.2. The molecule has 1 aromatic carbocycles. The molecule has 1 heterocycles. The number of likely N-dealkylation sites (tertiary alicyclic amines) is 1. The van der Waals surface area contributed by atoms with Crippen molar-refractivity contribution in [1.29, 1.82) is 0 Å². The van der Waals surface area contributed by atoms with Gasteiger partial charge in [-0.2, -0.15) is 0 Å². The van der Waals surface area contributed by atoms with Crippen LogP contribution in [0.15, 0.2) is 30.3 Å². The topological polar surface area (TPSA) is 58.4 Å². The van der Waals surface area contributed by atoms with Crippen LogP contribution in [0.4, 0.5) is 0 Å². The van der Waals surface area contributed by atoms with E-state index in [1.165, 1.54) is 5.56 Å². The lowest BCUT2D eigenvalue weighted by atomic mass is 9.99. The second kappa shape index (κ2) is 9.04. The zero-order valence-electron chi connectivity index (χ0n) is 14.5. The van der Waals surface area contributed by atoms with Crippen LogP contribution in [0.25, 0.3) is 0 Å². The number of amides is 1. The van der Waals surface area contributed by atoms with Gasteiger partial charge in [0, 0.05) is 19.6 Å². The Kier molecular flexibility index (Phi) is 7.06. The molecule has 0 aliphatic carbocycles. The summed E-state index contributed by atoms with van der Waals surface area (Å²) in [4.78, 5) is 14.5. The van der Waals surface area contributed by atoms with Crippen molar-refractivity contribution >= 4 is 5.91 Å². The van der Waals surface area contributed by atoms with E-state index in [0.717, 1.165) is 45.4 Å². The highest BCUT2D eigenvalue weighted by Crippen LogP contribution is 2.16. The summed E-state index contributed by atoms with van der Waals surface area (Å²) in [5, 5.41) is 3.04. The first-order chi connectivity index (χ1) is 11.1. The summed E-state index contributed by atoms with van der Waals surface area (Å²) < 4.78 is 0. The van der Waals surface area contributed by atoms with Gasteiger partial charge >= 0.3 is 0 Å². The molecular formula is C19H31N3O.